The molecule has 2 nitrogen and oxygen atoms in total. The number of rotatable bonds is 7. The molecule has 3 N–H and O–H groups in total. The van der Waals surface area contributed by atoms with Crippen LogP contribution in [0.2, 0.25) is 0 Å². The molecule has 0 spiro atoms. The molecule has 0 aromatic heterocycles. The third-order valence-corrected chi connectivity index (χ3v) is 6.13. The molecule has 3 aromatic carbocycles. The first-order valence-electron chi connectivity index (χ1n) is 10.7. The van der Waals surface area contributed by atoms with Gasteiger partial charge in [-0.3, -0.25) is 0 Å². The molecule has 0 aliphatic carbocycles. The normalized spacial score (nSPS) is 19.6. The molecule has 0 unspecified atom stereocenters. The number of piperidine rings is 1. The Labute approximate surface area is 169 Å². The van der Waals surface area contributed by atoms with Crippen molar-refractivity contribution in [3.63, 3.8) is 0 Å². The molecule has 2 heteroatoms. The average molecular weight is 373 g/mol. The number of quaternary nitrogens is 2. The minimum atomic E-state index is 0.401. The first kappa shape index (κ1) is 18.9. The maximum Gasteiger partial charge on any atom is 0.137 e. The van der Waals surface area contributed by atoms with Gasteiger partial charge in [-0.15, -0.1) is 0 Å². The van der Waals surface area contributed by atoms with Gasteiger partial charge in [-0.25, -0.2) is 0 Å². The van der Waals surface area contributed by atoms with Crippen LogP contribution in [-0.2, 0) is 6.42 Å². The van der Waals surface area contributed by atoms with Crippen molar-refractivity contribution in [1.82, 2.24) is 0 Å². The van der Waals surface area contributed by atoms with Crippen molar-refractivity contribution in [1.29, 1.82) is 0 Å². The SMILES string of the molecule is c1ccc(CC[NH+]2CCC([NH2+]C(c3ccccc3)c3ccccc3)CC2)cc1. The van der Waals surface area contributed by atoms with E-state index >= 15 is 0 Å². The summed E-state index contributed by atoms with van der Waals surface area (Å²) in [6.45, 7) is 3.85. The molecule has 0 amide bonds. The highest BCUT2D eigenvalue weighted by atomic mass is 15.1. The van der Waals surface area contributed by atoms with E-state index in [-0.39, 0.29) is 0 Å². The van der Waals surface area contributed by atoms with Crippen molar-refractivity contribution < 1.29 is 10.2 Å². The highest BCUT2D eigenvalue weighted by molar-refractivity contribution is 5.29. The summed E-state index contributed by atoms with van der Waals surface area (Å²) in [6.07, 6.45) is 3.81. The van der Waals surface area contributed by atoms with Crippen LogP contribution in [0.25, 0.3) is 0 Å². The lowest BCUT2D eigenvalue weighted by Gasteiger charge is -2.30. The molecular weight excluding hydrogens is 340 g/mol. The second-order valence-corrected chi connectivity index (χ2v) is 8.06. The van der Waals surface area contributed by atoms with E-state index in [1.807, 2.05) is 0 Å². The number of benzene rings is 3. The summed E-state index contributed by atoms with van der Waals surface area (Å²) in [4.78, 5) is 1.77. The van der Waals surface area contributed by atoms with Gasteiger partial charge in [0.2, 0.25) is 0 Å². The molecule has 0 atom stereocenters. The molecule has 1 saturated heterocycles. The molecule has 0 saturated carbocycles. The minimum Gasteiger partial charge on any atom is -0.334 e. The number of nitrogens with two attached hydrogens (primary N) is 1. The highest BCUT2D eigenvalue weighted by Crippen LogP contribution is 2.18. The fourth-order valence-corrected chi connectivity index (χ4v) is 4.46. The van der Waals surface area contributed by atoms with Crippen molar-refractivity contribution in [3.8, 4) is 0 Å². The molecule has 4 rings (SSSR count). The molecule has 3 aromatic rings. The standard InChI is InChI=1S/C26H30N2/c1-4-10-22(11-5-1)16-19-28-20-17-25(18-21-28)27-26(23-12-6-2-7-13-23)24-14-8-3-9-15-24/h1-15,25-27H,16-21H2/p+2. The van der Waals surface area contributed by atoms with E-state index < -0.39 is 0 Å². The third-order valence-electron chi connectivity index (χ3n) is 6.13. The van der Waals surface area contributed by atoms with Crippen LogP contribution < -0.4 is 10.2 Å². The third kappa shape index (κ3) is 5.09. The van der Waals surface area contributed by atoms with Crippen LogP contribution >= 0.6 is 0 Å². The fraction of sp³-hybridized carbons (Fsp3) is 0.308. The van der Waals surface area contributed by atoms with Gasteiger partial charge in [0.15, 0.2) is 0 Å². The van der Waals surface area contributed by atoms with E-state index in [0.717, 1.165) is 0 Å². The van der Waals surface area contributed by atoms with Crippen LogP contribution in [-0.4, -0.2) is 25.7 Å². The summed E-state index contributed by atoms with van der Waals surface area (Å²) in [7, 11) is 0. The van der Waals surface area contributed by atoms with Crippen LogP contribution in [0.15, 0.2) is 91.0 Å². The number of hydrogen-bond acceptors (Lipinski definition) is 0. The van der Waals surface area contributed by atoms with Crippen LogP contribution in [0.3, 0.4) is 0 Å². The molecule has 0 bridgehead atoms. The second kappa shape index (κ2) is 9.68. The summed E-state index contributed by atoms with van der Waals surface area (Å²) >= 11 is 0. The largest absolute Gasteiger partial charge is 0.334 e. The lowest BCUT2D eigenvalue weighted by Crippen LogP contribution is -3.15. The Hall–Kier alpha value is -2.42. The Morgan fingerprint density at radius 2 is 1.21 bits per heavy atom. The van der Waals surface area contributed by atoms with E-state index in [1.165, 1.54) is 55.6 Å². The summed E-state index contributed by atoms with van der Waals surface area (Å²) in [5.74, 6) is 0. The maximum absolute atomic E-state index is 2.62. The summed E-state index contributed by atoms with van der Waals surface area (Å²) in [5, 5.41) is 2.62. The maximum atomic E-state index is 2.62. The van der Waals surface area contributed by atoms with Crippen LogP contribution in [0.5, 0.6) is 0 Å². The topological polar surface area (TPSA) is 21.1 Å². The molecule has 1 heterocycles. The van der Waals surface area contributed by atoms with Gasteiger partial charge < -0.3 is 10.2 Å². The van der Waals surface area contributed by atoms with Gasteiger partial charge in [0.25, 0.3) is 0 Å². The van der Waals surface area contributed by atoms with Gasteiger partial charge in [0.05, 0.1) is 25.7 Å². The smallest absolute Gasteiger partial charge is 0.137 e. The first-order chi connectivity index (χ1) is 13.9. The lowest BCUT2D eigenvalue weighted by molar-refractivity contribution is -0.914. The predicted octanol–water partition coefficient (Wildman–Crippen LogP) is 2.63. The Balaban J connectivity index is 1.34. The fourth-order valence-electron chi connectivity index (χ4n) is 4.46. The Bertz CT molecular complexity index is 769. The lowest BCUT2D eigenvalue weighted by atomic mass is 9.95. The van der Waals surface area contributed by atoms with Crippen LogP contribution in [0, 0.1) is 0 Å². The molecule has 1 fully saturated rings. The Morgan fingerprint density at radius 1 is 0.714 bits per heavy atom. The van der Waals surface area contributed by atoms with Crippen LogP contribution in [0.4, 0.5) is 0 Å². The van der Waals surface area contributed by atoms with E-state index in [2.05, 4.69) is 96.3 Å². The average Bonchev–Trinajstić information content (AvgIpc) is 2.79. The molecule has 0 radical (unpaired) electrons. The van der Waals surface area contributed by atoms with Gasteiger partial charge in [-0.05, 0) is 5.56 Å². The number of likely N-dealkylation sites (tertiary alicyclic amines) is 1. The molecule has 1 aliphatic heterocycles. The monoisotopic (exact) mass is 372 g/mol. The summed E-state index contributed by atoms with van der Waals surface area (Å²) < 4.78 is 0. The minimum absolute atomic E-state index is 0.401. The first-order valence-corrected chi connectivity index (χ1v) is 10.7. The van der Waals surface area contributed by atoms with Crippen molar-refractivity contribution in [2.45, 2.75) is 31.3 Å². The van der Waals surface area contributed by atoms with Gasteiger partial charge in [0.1, 0.15) is 6.04 Å². The molecule has 1 aliphatic rings. The quantitative estimate of drug-likeness (QED) is 0.636. The highest BCUT2D eigenvalue weighted by Gasteiger charge is 2.28. The Kier molecular flexibility index (Phi) is 6.54. The predicted molar refractivity (Wildman–Crippen MR) is 115 cm³/mol. The zero-order valence-electron chi connectivity index (χ0n) is 16.6. The van der Waals surface area contributed by atoms with E-state index in [0.29, 0.717) is 12.1 Å². The summed E-state index contributed by atoms with van der Waals surface area (Å²) in [6, 6.07) is 34.0. The zero-order valence-corrected chi connectivity index (χ0v) is 16.6. The molecular formula is C26H32N2+2. The van der Waals surface area contributed by atoms with Gasteiger partial charge >= 0.3 is 0 Å². The summed E-state index contributed by atoms with van der Waals surface area (Å²) in [5.41, 5.74) is 4.29. The van der Waals surface area contributed by atoms with E-state index in [9.17, 15) is 0 Å². The van der Waals surface area contributed by atoms with E-state index in [4.69, 9.17) is 0 Å². The second-order valence-electron chi connectivity index (χ2n) is 8.06. The van der Waals surface area contributed by atoms with E-state index in [1.54, 1.807) is 4.90 Å². The molecule has 28 heavy (non-hydrogen) atoms. The molecule has 144 valence electrons. The van der Waals surface area contributed by atoms with Crippen molar-refractivity contribution in [2.75, 3.05) is 19.6 Å². The van der Waals surface area contributed by atoms with Crippen molar-refractivity contribution in [2.24, 2.45) is 0 Å². The zero-order chi connectivity index (χ0) is 19.0. The van der Waals surface area contributed by atoms with Crippen LogP contribution in [0.1, 0.15) is 35.6 Å². The number of hydrogen-bond donors (Lipinski definition) is 2. The Morgan fingerprint density at radius 3 is 1.75 bits per heavy atom. The van der Waals surface area contributed by atoms with Crippen molar-refractivity contribution in [3.05, 3.63) is 108 Å². The van der Waals surface area contributed by atoms with Gasteiger partial charge in [-0.1, -0.05) is 91.0 Å². The van der Waals surface area contributed by atoms with Gasteiger partial charge in [0, 0.05) is 30.4 Å². The number of nitrogens with one attached hydrogen (secondary N) is 1. The van der Waals surface area contributed by atoms with Crippen molar-refractivity contribution >= 4 is 0 Å². The van der Waals surface area contributed by atoms with Gasteiger partial charge in [-0.2, -0.15) is 0 Å².